The Labute approximate surface area is 172 Å². The van der Waals surface area contributed by atoms with E-state index in [9.17, 15) is 9.59 Å². The molecule has 1 saturated heterocycles. The molecular weight excluding hydrogens is 400 g/mol. The zero-order valence-electron chi connectivity index (χ0n) is 15.2. The first kappa shape index (κ1) is 20.2. The lowest BCUT2D eigenvalue weighted by Gasteiger charge is -2.16. The van der Waals surface area contributed by atoms with Gasteiger partial charge in [-0.1, -0.05) is 35.5 Å². The molecule has 146 valence electrons. The Morgan fingerprint density at radius 1 is 1.21 bits per heavy atom. The van der Waals surface area contributed by atoms with Crippen molar-refractivity contribution in [3.63, 3.8) is 0 Å². The van der Waals surface area contributed by atoms with E-state index in [0.29, 0.717) is 28.8 Å². The summed E-state index contributed by atoms with van der Waals surface area (Å²) in [6, 6.07) is 14.6. The van der Waals surface area contributed by atoms with E-state index in [2.05, 4.69) is 4.99 Å². The number of carbonyl (C=O) groups excluding carboxylic acids is 1. The van der Waals surface area contributed by atoms with Gasteiger partial charge in [0.1, 0.15) is 11.0 Å². The second-order valence-electron chi connectivity index (χ2n) is 6.16. The number of rotatable bonds is 7. The van der Waals surface area contributed by atoms with Crippen molar-refractivity contribution in [3.8, 4) is 5.75 Å². The Balaban J connectivity index is 1.79. The molecule has 1 amide bonds. The number of amidine groups is 1. The first-order valence-electron chi connectivity index (χ1n) is 8.63. The van der Waals surface area contributed by atoms with Gasteiger partial charge < -0.3 is 9.84 Å². The van der Waals surface area contributed by atoms with Crippen LogP contribution in [0.2, 0.25) is 5.02 Å². The molecule has 1 heterocycles. The fraction of sp³-hybridized carbons (Fsp3) is 0.250. The van der Waals surface area contributed by atoms with Crippen LogP contribution in [0.25, 0.3) is 0 Å². The summed E-state index contributed by atoms with van der Waals surface area (Å²) in [5.74, 6) is -0.467. The van der Waals surface area contributed by atoms with Gasteiger partial charge in [-0.15, -0.1) is 0 Å². The quantitative estimate of drug-likeness (QED) is 0.735. The molecule has 0 aliphatic carbocycles. The van der Waals surface area contributed by atoms with Crippen LogP contribution in [-0.4, -0.2) is 46.0 Å². The maximum absolute atomic E-state index is 12.7. The summed E-state index contributed by atoms with van der Waals surface area (Å²) in [7, 11) is 1.61. The van der Waals surface area contributed by atoms with Gasteiger partial charge in [0.25, 0.3) is 0 Å². The highest BCUT2D eigenvalue weighted by molar-refractivity contribution is 8.15. The predicted octanol–water partition coefficient (Wildman–Crippen LogP) is 4.00. The molecule has 0 saturated carbocycles. The zero-order chi connectivity index (χ0) is 20.1. The summed E-state index contributed by atoms with van der Waals surface area (Å²) < 4.78 is 5.16. The third-order valence-corrected chi connectivity index (χ3v) is 5.64. The molecule has 1 fully saturated rings. The van der Waals surface area contributed by atoms with E-state index >= 15 is 0 Å². The topological polar surface area (TPSA) is 79.2 Å². The Bertz CT molecular complexity index is 884. The SMILES string of the molecule is COc1ccc(CCN2C(=O)C(CC(=O)O)SC2=Nc2ccc(Cl)cc2)cc1. The number of methoxy groups -OCH3 is 1. The lowest BCUT2D eigenvalue weighted by Crippen LogP contribution is -2.34. The molecule has 2 aromatic carbocycles. The Kier molecular flexibility index (Phi) is 6.59. The molecule has 0 bridgehead atoms. The minimum Gasteiger partial charge on any atom is -0.497 e. The van der Waals surface area contributed by atoms with E-state index in [4.69, 9.17) is 21.4 Å². The standard InChI is InChI=1S/C20H19ClN2O4S/c1-27-16-8-2-13(3-9-16)10-11-23-19(26)17(12-18(24)25)28-20(23)22-15-6-4-14(21)5-7-15/h2-9,17H,10-12H2,1H3,(H,24,25). The van der Waals surface area contributed by atoms with Crippen molar-refractivity contribution in [2.24, 2.45) is 4.99 Å². The molecule has 3 rings (SSSR count). The van der Waals surface area contributed by atoms with Gasteiger partial charge in [0.2, 0.25) is 5.91 Å². The van der Waals surface area contributed by atoms with Crippen molar-refractivity contribution in [1.29, 1.82) is 0 Å². The molecule has 1 aliphatic rings. The van der Waals surface area contributed by atoms with Crippen molar-refractivity contribution in [2.45, 2.75) is 18.1 Å². The summed E-state index contributed by atoms with van der Waals surface area (Å²) in [6.45, 7) is 0.417. The fourth-order valence-electron chi connectivity index (χ4n) is 2.75. The fourth-order valence-corrected chi connectivity index (χ4v) is 4.05. The first-order valence-corrected chi connectivity index (χ1v) is 9.89. The van der Waals surface area contributed by atoms with Gasteiger partial charge in [0.15, 0.2) is 5.17 Å². The van der Waals surface area contributed by atoms with Gasteiger partial charge in [0, 0.05) is 11.6 Å². The van der Waals surface area contributed by atoms with Crippen molar-refractivity contribution in [2.75, 3.05) is 13.7 Å². The van der Waals surface area contributed by atoms with Crippen LogP contribution in [-0.2, 0) is 16.0 Å². The highest BCUT2D eigenvalue weighted by atomic mass is 35.5. The number of carboxylic acids is 1. The Morgan fingerprint density at radius 2 is 1.89 bits per heavy atom. The summed E-state index contributed by atoms with van der Waals surface area (Å²) in [6.07, 6.45) is 0.387. The second-order valence-corrected chi connectivity index (χ2v) is 7.77. The average molecular weight is 419 g/mol. The van der Waals surface area contributed by atoms with Gasteiger partial charge in [0.05, 0.1) is 19.2 Å². The highest BCUT2D eigenvalue weighted by Gasteiger charge is 2.38. The number of benzene rings is 2. The number of halogens is 1. The maximum atomic E-state index is 12.7. The van der Waals surface area contributed by atoms with E-state index in [1.807, 2.05) is 24.3 Å². The molecule has 8 heteroatoms. The van der Waals surface area contributed by atoms with Crippen molar-refractivity contribution >= 4 is 46.1 Å². The number of hydrogen-bond donors (Lipinski definition) is 1. The van der Waals surface area contributed by atoms with Crippen LogP contribution in [0, 0.1) is 0 Å². The molecule has 1 unspecified atom stereocenters. The van der Waals surface area contributed by atoms with Gasteiger partial charge >= 0.3 is 5.97 Å². The third-order valence-electron chi connectivity index (χ3n) is 4.21. The molecule has 6 nitrogen and oxygen atoms in total. The number of ether oxygens (including phenoxy) is 1. The molecule has 28 heavy (non-hydrogen) atoms. The molecule has 0 aromatic heterocycles. The van der Waals surface area contributed by atoms with Crippen LogP contribution >= 0.6 is 23.4 Å². The smallest absolute Gasteiger partial charge is 0.305 e. The van der Waals surface area contributed by atoms with Crippen molar-refractivity contribution in [1.82, 2.24) is 4.90 Å². The lowest BCUT2D eigenvalue weighted by atomic mass is 10.1. The molecule has 1 N–H and O–H groups in total. The monoisotopic (exact) mass is 418 g/mol. The average Bonchev–Trinajstić information content (AvgIpc) is 2.96. The largest absolute Gasteiger partial charge is 0.497 e. The third kappa shape index (κ3) is 5.05. The highest BCUT2D eigenvalue weighted by Crippen LogP contribution is 2.32. The summed E-state index contributed by atoms with van der Waals surface area (Å²) in [5.41, 5.74) is 1.70. The predicted molar refractivity (Wildman–Crippen MR) is 111 cm³/mol. The number of hydrogen-bond acceptors (Lipinski definition) is 5. The van der Waals surface area contributed by atoms with E-state index in [-0.39, 0.29) is 12.3 Å². The van der Waals surface area contributed by atoms with E-state index in [1.54, 1.807) is 36.3 Å². The van der Waals surface area contributed by atoms with Gasteiger partial charge in [-0.3, -0.25) is 14.5 Å². The number of carboxylic acid groups (broad SMARTS) is 1. The molecule has 2 aromatic rings. The summed E-state index contributed by atoms with van der Waals surface area (Å²) >= 11 is 7.10. The normalized spacial score (nSPS) is 17.9. The minimum absolute atomic E-state index is 0.228. The summed E-state index contributed by atoms with van der Waals surface area (Å²) in [5, 5.41) is 9.53. The number of aliphatic carboxylic acids is 1. The van der Waals surface area contributed by atoms with E-state index in [1.165, 1.54) is 11.8 Å². The minimum atomic E-state index is -1.01. The molecule has 0 radical (unpaired) electrons. The van der Waals surface area contributed by atoms with E-state index < -0.39 is 11.2 Å². The lowest BCUT2D eigenvalue weighted by molar-refractivity contribution is -0.139. The van der Waals surface area contributed by atoms with Gasteiger partial charge in [-0.05, 0) is 48.4 Å². The van der Waals surface area contributed by atoms with Crippen molar-refractivity contribution < 1.29 is 19.4 Å². The second kappa shape index (κ2) is 9.12. The van der Waals surface area contributed by atoms with E-state index in [0.717, 1.165) is 11.3 Å². The van der Waals surface area contributed by atoms with Crippen LogP contribution in [0.15, 0.2) is 53.5 Å². The Morgan fingerprint density at radius 3 is 2.50 bits per heavy atom. The summed E-state index contributed by atoms with van der Waals surface area (Å²) in [4.78, 5) is 29.9. The Hall–Kier alpha value is -2.51. The van der Waals surface area contributed by atoms with Crippen LogP contribution in [0.3, 0.4) is 0 Å². The number of thioether (sulfide) groups is 1. The zero-order valence-corrected chi connectivity index (χ0v) is 16.7. The molecule has 1 atom stereocenters. The first-order chi connectivity index (χ1) is 13.5. The van der Waals surface area contributed by atoms with Crippen LogP contribution in [0.5, 0.6) is 5.75 Å². The number of carbonyl (C=O) groups is 2. The maximum Gasteiger partial charge on any atom is 0.305 e. The molecular formula is C20H19ClN2O4S. The molecule has 0 spiro atoms. The van der Waals surface area contributed by atoms with Crippen LogP contribution in [0.4, 0.5) is 5.69 Å². The number of aliphatic imine (C=N–C) groups is 1. The molecule has 1 aliphatic heterocycles. The van der Waals surface area contributed by atoms with Crippen LogP contribution < -0.4 is 4.74 Å². The number of nitrogens with zero attached hydrogens (tertiary/aromatic N) is 2. The van der Waals surface area contributed by atoms with Crippen LogP contribution in [0.1, 0.15) is 12.0 Å². The van der Waals surface area contributed by atoms with Gasteiger partial charge in [-0.25, -0.2) is 4.99 Å². The van der Waals surface area contributed by atoms with Crippen molar-refractivity contribution in [3.05, 3.63) is 59.1 Å². The van der Waals surface area contributed by atoms with Gasteiger partial charge in [-0.2, -0.15) is 0 Å². The number of amides is 1.